The van der Waals surface area contributed by atoms with E-state index in [-0.39, 0.29) is 28.8 Å². The molecule has 3 heterocycles. The molecule has 1 saturated heterocycles. The lowest BCUT2D eigenvalue weighted by molar-refractivity contribution is 0.0724. The van der Waals surface area contributed by atoms with E-state index in [4.69, 9.17) is 16.3 Å². The van der Waals surface area contributed by atoms with Crippen LogP contribution in [0, 0.1) is 0 Å². The number of likely N-dealkylation sites (tertiary alicyclic amines) is 1. The minimum Gasteiger partial charge on any atom is -0.491 e. The number of methoxy groups -OCH3 is 1. The van der Waals surface area contributed by atoms with E-state index in [1.165, 1.54) is 19.4 Å². The van der Waals surface area contributed by atoms with Crippen LogP contribution in [0.2, 0.25) is 5.02 Å². The normalized spacial score (nSPS) is 17.0. The molecule has 134 valence electrons. The Labute approximate surface area is 154 Å². The highest BCUT2D eigenvalue weighted by Crippen LogP contribution is 2.32. The zero-order valence-electron chi connectivity index (χ0n) is 14.1. The molecule has 1 aliphatic heterocycles. The maximum atomic E-state index is 12.9. The molecule has 0 unspecified atom stereocenters. The van der Waals surface area contributed by atoms with Crippen molar-refractivity contribution < 1.29 is 9.53 Å². The summed E-state index contributed by atoms with van der Waals surface area (Å²) in [6.07, 6.45) is 3.08. The van der Waals surface area contributed by atoms with Crippen molar-refractivity contribution in [3.8, 4) is 5.75 Å². The van der Waals surface area contributed by atoms with E-state index in [0.29, 0.717) is 11.6 Å². The molecule has 2 N–H and O–H groups in total. The van der Waals surface area contributed by atoms with Gasteiger partial charge in [-0.15, -0.1) is 0 Å². The monoisotopic (exact) mass is 372 g/mol. The summed E-state index contributed by atoms with van der Waals surface area (Å²) in [5, 5.41) is 0.628. The number of hydrogen-bond donors (Lipinski definition) is 2. The number of pyridine rings is 1. The zero-order valence-corrected chi connectivity index (χ0v) is 14.8. The van der Waals surface area contributed by atoms with Gasteiger partial charge < -0.3 is 19.6 Å². The molecular formula is C18H17ClN4O3. The molecule has 1 fully saturated rings. The Morgan fingerprint density at radius 2 is 2.23 bits per heavy atom. The van der Waals surface area contributed by atoms with E-state index < -0.39 is 0 Å². The third-order valence-electron chi connectivity index (χ3n) is 4.62. The first-order chi connectivity index (χ1) is 12.6. The third-order valence-corrected chi connectivity index (χ3v) is 4.85. The molecule has 0 bridgehead atoms. The van der Waals surface area contributed by atoms with Gasteiger partial charge in [0.2, 0.25) is 5.43 Å². The number of imidazole rings is 1. The minimum atomic E-state index is -0.330. The van der Waals surface area contributed by atoms with Gasteiger partial charge in [0.1, 0.15) is 11.5 Å². The maximum absolute atomic E-state index is 12.9. The van der Waals surface area contributed by atoms with Crippen molar-refractivity contribution in [3.05, 3.63) is 57.2 Å². The smallest absolute Gasteiger partial charge is 0.271 e. The van der Waals surface area contributed by atoms with Crippen molar-refractivity contribution in [3.63, 3.8) is 0 Å². The van der Waals surface area contributed by atoms with E-state index in [1.807, 2.05) is 12.1 Å². The summed E-state index contributed by atoms with van der Waals surface area (Å²) in [6, 6.07) is 6.55. The van der Waals surface area contributed by atoms with Gasteiger partial charge in [0, 0.05) is 23.8 Å². The Kier molecular flexibility index (Phi) is 4.16. The highest BCUT2D eigenvalue weighted by Gasteiger charge is 2.33. The molecule has 1 amide bonds. The lowest BCUT2D eigenvalue weighted by atomic mass is 10.2. The number of carbonyl (C=O) groups is 1. The van der Waals surface area contributed by atoms with Crippen LogP contribution in [0.3, 0.4) is 0 Å². The summed E-state index contributed by atoms with van der Waals surface area (Å²) in [5.41, 5.74) is 1.55. The van der Waals surface area contributed by atoms with Crippen LogP contribution < -0.4 is 10.2 Å². The number of fused-ring (bicyclic) bond motifs is 1. The lowest BCUT2D eigenvalue weighted by Gasteiger charge is -2.23. The van der Waals surface area contributed by atoms with Gasteiger partial charge in [-0.2, -0.15) is 0 Å². The number of carbonyl (C=O) groups excluding carboxylic acids is 1. The molecule has 0 spiro atoms. The Bertz CT molecular complexity index is 1040. The highest BCUT2D eigenvalue weighted by atomic mass is 35.5. The van der Waals surface area contributed by atoms with Crippen molar-refractivity contribution in [2.75, 3.05) is 13.7 Å². The van der Waals surface area contributed by atoms with Crippen LogP contribution >= 0.6 is 11.6 Å². The molecule has 1 aromatic carbocycles. The standard InChI is InChI=1S/C18H17ClN4O3/c1-26-16-9-20-13(8-15(16)24)18(25)23-6-2-3-14(23)17-21-11-5-4-10(19)7-12(11)22-17/h4-5,7-9,14H,2-3,6H2,1H3,(H,20,24)(H,21,22)/t14-/m0/s1. The topological polar surface area (TPSA) is 91.1 Å². The summed E-state index contributed by atoms with van der Waals surface area (Å²) < 4.78 is 4.94. The van der Waals surface area contributed by atoms with E-state index in [9.17, 15) is 9.59 Å². The van der Waals surface area contributed by atoms with E-state index in [2.05, 4.69) is 15.0 Å². The number of hydrogen-bond acceptors (Lipinski definition) is 4. The maximum Gasteiger partial charge on any atom is 0.271 e. The average molecular weight is 373 g/mol. The molecule has 4 rings (SSSR count). The average Bonchev–Trinajstić information content (AvgIpc) is 3.27. The predicted molar refractivity (Wildman–Crippen MR) is 97.7 cm³/mol. The van der Waals surface area contributed by atoms with Gasteiger partial charge in [-0.05, 0) is 31.0 Å². The molecule has 0 saturated carbocycles. The largest absolute Gasteiger partial charge is 0.491 e. The molecule has 2 aromatic heterocycles. The first-order valence-corrected chi connectivity index (χ1v) is 8.67. The molecule has 0 aliphatic carbocycles. The van der Waals surface area contributed by atoms with Crippen LogP contribution in [0.25, 0.3) is 11.0 Å². The van der Waals surface area contributed by atoms with Crippen LogP contribution in [0.5, 0.6) is 5.75 Å². The summed E-state index contributed by atoms with van der Waals surface area (Å²) in [6.45, 7) is 0.607. The third kappa shape index (κ3) is 2.84. The number of nitrogens with zero attached hydrogens (tertiary/aromatic N) is 2. The molecule has 1 aliphatic rings. The predicted octanol–water partition coefficient (Wildman–Crippen LogP) is 2.89. The van der Waals surface area contributed by atoms with Crippen LogP contribution in [-0.2, 0) is 0 Å². The Morgan fingerprint density at radius 3 is 3.00 bits per heavy atom. The molecule has 0 radical (unpaired) electrons. The second-order valence-electron chi connectivity index (χ2n) is 6.22. The molecule has 7 nitrogen and oxygen atoms in total. The van der Waals surface area contributed by atoms with Crippen molar-refractivity contribution in [2.45, 2.75) is 18.9 Å². The van der Waals surface area contributed by atoms with Crippen molar-refractivity contribution in [1.29, 1.82) is 0 Å². The van der Waals surface area contributed by atoms with E-state index >= 15 is 0 Å². The quantitative estimate of drug-likeness (QED) is 0.739. The first-order valence-electron chi connectivity index (χ1n) is 8.29. The number of amides is 1. The molecule has 26 heavy (non-hydrogen) atoms. The number of benzene rings is 1. The van der Waals surface area contributed by atoms with Crippen LogP contribution in [0.15, 0.2) is 35.3 Å². The number of aromatic amines is 2. The molecule has 8 heteroatoms. The number of ether oxygens (including phenoxy) is 1. The van der Waals surface area contributed by atoms with Gasteiger partial charge in [-0.25, -0.2) is 4.98 Å². The molecule has 1 atom stereocenters. The fourth-order valence-electron chi connectivity index (χ4n) is 3.35. The number of aromatic nitrogens is 3. The summed E-state index contributed by atoms with van der Waals surface area (Å²) in [4.78, 5) is 37.3. The summed E-state index contributed by atoms with van der Waals surface area (Å²) in [7, 11) is 1.41. The minimum absolute atomic E-state index is 0.167. The van der Waals surface area contributed by atoms with Crippen molar-refractivity contribution in [2.24, 2.45) is 0 Å². The van der Waals surface area contributed by atoms with Gasteiger partial charge in [-0.3, -0.25) is 9.59 Å². The van der Waals surface area contributed by atoms with Gasteiger partial charge >= 0.3 is 0 Å². The van der Waals surface area contributed by atoms with Crippen LogP contribution in [0.4, 0.5) is 0 Å². The van der Waals surface area contributed by atoms with Gasteiger partial charge in [0.25, 0.3) is 5.91 Å². The van der Waals surface area contributed by atoms with Gasteiger partial charge in [0.05, 0.1) is 24.2 Å². The first kappa shape index (κ1) is 16.7. The summed E-state index contributed by atoms with van der Waals surface area (Å²) >= 11 is 6.03. The number of H-pyrrole nitrogens is 2. The number of rotatable bonds is 3. The fraction of sp³-hybridized carbons (Fsp3) is 0.278. The molecular weight excluding hydrogens is 356 g/mol. The summed E-state index contributed by atoms with van der Waals surface area (Å²) in [5.74, 6) is 0.670. The van der Waals surface area contributed by atoms with E-state index in [0.717, 1.165) is 29.7 Å². The number of nitrogens with one attached hydrogen (secondary N) is 2. The Hall–Kier alpha value is -2.80. The fourth-order valence-corrected chi connectivity index (χ4v) is 3.52. The lowest BCUT2D eigenvalue weighted by Crippen LogP contribution is -2.32. The zero-order chi connectivity index (χ0) is 18.3. The van der Waals surface area contributed by atoms with Crippen molar-refractivity contribution in [1.82, 2.24) is 19.9 Å². The molecule has 3 aromatic rings. The van der Waals surface area contributed by atoms with Gasteiger partial charge in [0.15, 0.2) is 5.75 Å². The van der Waals surface area contributed by atoms with E-state index in [1.54, 1.807) is 11.0 Å². The Balaban J connectivity index is 1.66. The van der Waals surface area contributed by atoms with Crippen LogP contribution in [-0.4, -0.2) is 39.4 Å². The number of halogens is 1. The van der Waals surface area contributed by atoms with Crippen molar-refractivity contribution >= 4 is 28.5 Å². The SMILES string of the molecule is COc1c[nH]c(C(=O)N2CCC[C@H]2c2nc3ccc(Cl)cc3[nH]2)cc1=O. The Morgan fingerprint density at radius 1 is 1.38 bits per heavy atom. The van der Waals surface area contributed by atoms with Gasteiger partial charge in [-0.1, -0.05) is 11.6 Å². The second kappa shape index (κ2) is 6.49. The van der Waals surface area contributed by atoms with Crippen LogP contribution in [0.1, 0.15) is 35.2 Å². The highest BCUT2D eigenvalue weighted by molar-refractivity contribution is 6.31. The second-order valence-corrected chi connectivity index (χ2v) is 6.66.